The first kappa shape index (κ1) is 19.2. The topological polar surface area (TPSA) is 83.0 Å². The molecule has 2 aromatic carbocycles. The number of nitrogens with zero attached hydrogens (tertiary/aromatic N) is 4. The monoisotopic (exact) mass is 408 g/mol. The highest BCUT2D eigenvalue weighted by Crippen LogP contribution is 2.30. The lowest BCUT2D eigenvalue weighted by molar-refractivity contribution is 0.410. The maximum absolute atomic E-state index is 12.0. The summed E-state index contributed by atoms with van der Waals surface area (Å²) in [5, 5.41) is 13.6. The lowest BCUT2D eigenvalue weighted by Crippen LogP contribution is -2.04. The van der Waals surface area contributed by atoms with Gasteiger partial charge in [-0.15, -0.1) is 5.10 Å². The molecule has 0 aliphatic heterocycles. The number of aryl methyl sites for hydroxylation is 3. The Bertz CT molecular complexity index is 1260. The van der Waals surface area contributed by atoms with E-state index in [0.29, 0.717) is 22.2 Å². The first-order chi connectivity index (χ1) is 14.0. The molecule has 8 heteroatoms. The Hall–Kier alpha value is -3.13. The van der Waals surface area contributed by atoms with E-state index in [1.165, 1.54) is 17.8 Å². The molecule has 4 rings (SSSR count). The van der Waals surface area contributed by atoms with Crippen LogP contribution in [0.15, 0.2) is 50.8 Å². The highest BCUT2D eigenvalue weighted by Gasteiger charge is 2.15. The van der Waals surface area contributed by atoms with Crippen molar-refractivity contribution in [1.82, 2.24) is 20.2 Å². The molecule has 0 fully saturated rings. The average Bonchev–Trinajstić information content (AvgIpc) is 3.16. The van der Waals surface area contributed by atoms with Crippen LogP contribution in [-0.4, -0.2) is 27.3 Å². The first-order valence-electron chi connectivity index (χ1n) is 9.06. The van der Waals surface area contributed by atoms with E-state index in [1.807, 2.05) is 45.0 Å². The molecule has 0 aliphatic rings. The van der Waals surface area contributed by atoms with Crippen molar-refractivity contribution in [1.29, 1.82) is 0 Å². The predicted molar refractivity (Wildman–Crippen MR) is 112 cm³/mol. The summed E-state index contributed by atoms with van der Waals surface area (Å²) in [6, 6.07) is 11.3. The van der Waals surface area contributed by atoms with Gasteiger partial charge in [-0.25, -0.2) is 4.79 Å². The highest BCUT2D eigenvalue weighted by molar-refractivity contribution is 7.98. The molecule has 2 heterocycles. The summed E-state index contributed by atoms with van der Waals surface area (Å²) in [7, 11) is 1.62. The van der Waals surface area contributed by atoms with Gasteiger partial charge in [0, 0.05) is 17.2 Å². The summed E-state index contributed by atoms with van der Waals surface area (Å²) in [6.07, 6.45) is 0. The van der Waals surface area contributed by atoms with E-state index in [2.05, 4.69) is 21.6 Å². The lowest BCUT2D eigenvalue weighted by Gasteiger charge is -2.11. The van der Waals surface area contributed by atoms with Crippen molar-refractivity contribution in [3.63, 3.8) is 0 Å². The fraction of sp³-hybridized carbons (Fsp3) is 0.238. The van der Waals surface area contributed by atoms with Gasteiger partial charge in [-0.05, 0) is 77.7 Å². The van der Waals surface area contributed by atoms with Gasteiger partial charge in [0.25, 0.3) is 0 Å². The normalized spacial score (nSPS) is 11.2. The van der Waals surface area contributed by atoms with Gasteiger partial charge < -0.3 is 9.15 Å². The largest absolute Gasteiger partial charge is 0.494 e. The number of fused-ring (bicyclic) bond motifs is 1. The standard InChI is InChI=1S/C21H20N4O3S/c1-12-5-6-18(27-4)17(7-12)25-21(22-23-24-25)29-11-15-10-20(26)28-19-9-14(3)13(2)8-16(15)19/h5-10H,11H2,1-4H3. The van der Waals surface area contributed by atoms with Crippen LogP contribution in [-0.2, 0) is 5.75 Å². The molecule has 0 N–H and O–H groups in total. The smallest absolute Gasteiger partial charge is 0.336 e. The zero-order chi connectivity index (χ0) is 20.5. The summed E-state index contributed by atoms with van der Waals surface area (Å²) >= 11 is 1.45. The van der Waals surface area contributed by atoms with Gasteiger partial charge >= 0.3 is 5.63 Å². The van der Waals surface area contributed by atoms with E-state index in [0.717, 1.165) is 33.3 Å². The molecule has 0 saturated heterocycles. The fourth-order valence-electron chi connectivity index (χ4n) is 3.13. The Kier molecular flexibility index (Phi) is 5.10. The maximum atomic E-state index is 12.0. The molecule has 29 heavy (non-hydrogen) atoms. The van der Waals surface area contributed by atoms with Crippen molar-refractivity contribution in [2.24, 2.45) is 0 Å². The van der Waals surface area contributed by atoms with Crippen LogP contribution in [0.25, 0.3) is 16.7 Å². The number of thioether (sulfide) groups is 1. The minimum atomic E-state index is -0.365. The third-order valence-corrected chi connectivity index (χ3v) is 5.77. The molecule has 0 radical (unpaired) electrons. The number of hydrogen-bond acceptors (Lipinski definition) is 7. The second kappa shape index (κ2) is 7.71. The quantitative estimate of drug-likeness (QED) is 0.365. The number of tetrazole rings is 1. The summed E-state index contributed by atoms with van der Waals surface area (Å²) < 4.78 is 12.5. The SMILES string of the molecule is COc1ccc(C)cc1-n1nnnc1SCc1cc(=O)oc2cc(C)c(C)cc12. The van der Waals surface area contributed by atoms with E-state index < -0.39 is 0 Å². The summed E-state index contributed by atoms with van der Waals surface area (Å²) in [4.78, 5) is 12.0. The summed E-state index contributed by atoms with van der Waals surface area (Å²) in [5.74, 6) is 1.21. The van der Waals surface area contributed by atoms with Crippen LogP contribution in [0.5, 0.6) is 5.75 Å². The zero-order valence-corrected chi connectivity index (χ0v) is 17.4. The molecule has 0 atom stereocenters. The van der Waals surface area contributed by atoms with E-state index in [9.17, 15) is 4.79 Å². The molecule has 4 aromatic rings. The molecule has 2 aromatic heterocycles. The van der Waals surface area contributed by atoms with Crippen LogP contribution >= 0.6 is 11.8 Å². The molecule has 0 aliphatic carbocycles. The Balaban J connectivity index is 1.70. The van der Waals surface area contributed by atoms with Crippen molar-refractivity contribution in [2.45, 2.75) is 31.7 Å². The second-order valence-electron chi connectivity index (χ2n) is 6.86. The van der Waals surface area contributed by atoms with Crippen LogP contribution in [0.2, 0.25) is 0 Å². The Morgan fingerprint density at radius 1 is 1.10 bits per heavy atom. The van der Waals surface area contributed by atoms with Crippen LogP contribution < -0.4 is 10.4 Å². The molecule has 148 valence electrons. The van der Waals surface area contributed by atoms with Crippen molar-refractivity contribution >= 4 is 22.7 Å². The van der Waals surface area contributed by atoms with Gasteiger partial charge in [-0.1, -0.05) is 17.8 Å². The van der Waals surface area contributed by atoms with Crippen LogP contribution in [0.3, 0.4) is 0 Å². The molecule has 0 saturated carbocycles. The minimum absolute atomic E-state index is 0.365. The lowest BCUT2D eigenvalue weighted by atomic mass is 10.0. The van der Waals surface area contributed by atoms with Gasteiger partial charge in [-0.3, -0.25) is 0 Å². The molecule has 7 nitrogen and oxygen atoms in total. The van der Waals surface area contributed by atoms with Crippen LogP contribution in [0.4, 0.5) is 0 Å². The first-order valence-corrected chi connectivity index (χ1v) is 10.0. The fourth-order valence-corrected chi connectivity index (χ4v) is 4.01. The molecular weight excluding hydrogens is 388 g/mol. The van der Waals surface area contributed by atoms with Crippen molar-refractivity contribution in [3.05, 3.63) is 69.1 Å². The van der Waals surface area contributed by atoms with Gasteiger partial charge in [0.1, 0.15) is 17.0 Å². The zero-order valence-electron chi connectivity index (χ0n) is 16.6. The number of benzene rings is 2. The molecule has 0 unspecified atom stereocenters. The third-order valence-electron chi connectivity index (χ3n) is 4.80. The number of methoxy groups -OCH3 is 1. The Morgan fingerprint density at radius 3 is 2.69 bits per heavy atom. The highest BCUT2D eigenvalue weighted by atomic mass is 32.2. The second-order valence-corrected chi connectivity index (χ2v) is 7.80. The van der Waals surface area contributed by atoms with Gasteiger partial charge in [0.15, 0.2) is 0 Å². The maximum Gasteiger partial charge on any atom is 0.336 e. The molecule has 0 amide bonds. The van der Waals surface area contributed by atoms with Crippen molar-refractivity contribution < 1.29 is 9.15 Å². The third kappa shape index (κ3) is 3.75. The van der Waals surface area contributed by atoms with Gasteiger partial charge in [0.2, 0.25) is 5.16 Å². The number of rotatable bonds is 5. The molecule has 0 bridgehead atoms. The van der Waals surface area contributed by atoms with E-state index in [4.69, 9.17) is 9.15 Å². The van der Waals surface area contributed by atoms with Crippen LogP contribution in [0.1, 0.15) is 22.3 Å². The van der Waals surface area contributed by atoms with Gasteiger partial charge in [-0.2, -0.15) is 4.68 Å². The Morgan fingerprint density at radius 2 is 1.90 bits per heavy atom. The van der Waals surface area contributed by atoms with E-state index in [1.54, 1.807) is 11.8 Å². The van der Waals surface area contributed by atoms with Crippen LogP contribution in [0, 0.1) is 20.8 Å². The average molecular weight is 408 g/mol. The molecular formula is C21H20N4O3S. The van der Waals surface area contributed by atoms with Crippen molar-refractivity contribution in [2.75, 3.05) is 7.11 Å². The summed E-state index contributed by atoms with van der Waals surface area (Å²) in [6.45, 7) is 6.04. The number of aromatic nitrogens is 4. The Labute approximate surface area is 171 Å². The number of ether oxygens (including phenoxy) is 1. The number of hydrogen-bond donors (Lipinski definition) is 0. The van der Waals surface area contributed by atoms with Gasteiger partial charge in [0.05, 0.1) is 7.11 Å². The van der Waals surface area contributed by atoms with E-state index >= 15 is 0 Å². The van der Waals surface area contributed by atoms with Crippen molar-refractivity contribution in [3.8, 4) is 11.4 Å². The van der Waals surface area contributed by atoms with E-state index in [-0.39, 0.29) is 5.63 Å². The summed E-state index contributed by atoms with van der Waals surface area (Å²) in [5.41, 5.74) is 5.18. The predicted octanol–water partition coefficient (Wildman–Crippen LogP) is 3.99. The molecule has 0 spiro atoms. The minimum Gasteiger partial charge on any atom is -0.494 e.